The summed E-state index contributed by atoms with van der Waals surface area (Å²) < 4.78 is 0. The molecule has 0 fully saturated rings. The molecule has 1 aliphatic rings. The van der Waals surface area contributed by atoms with Crippen molar-refractivity contribution in [3.63, 3.8) is 0 Å². The molecule has 20 heavy (non-hydrogen) atoms. The predicted octanol–water partition coefficient (Wildman–Crippen LogP) is 4.52. The topological polar surface area (TPSA) is 24.4 Å². The van der Waals surface area contributed by atoms with Gasteiger partial charge in [0.1, 0.15) is 0 Å². The van der Waals surface area contributed by atoms with E-state index in [1.54, 1.807) is 0 Å². The fraction of sp³-hybridized carbons (Fsp3) is 0.688. The number of thioether (sulfide) groups is 1. The van der Waals surface area contributed by atoms with Gasteiger partial charge in [0, 0.05) is 22.1 Å². The van der Waals surface area contributed by atoms with Crippen LogP contribution in [0.3, 0.4) is 0 Å². The Morgan fingerprint density at radius 2 is 2.05 bits per heavy atom. The third kappa shape index (κ3) is 4.52. The molecule has 1 aliphatic heterocycles. The van der Waals surface area contributed by atoms with Gasteiger partial charge in [-0.2, -0.15) is 0 Å². The Morgan fingerprint density at radius 1 is 1.30 bits per heavy atom. The van der Waals surface area contributed by atoms with Crippen molar-refractivity contribution in [2.45, 2.75) is 51.7 Å². The fourth-order valence-electron chi connectivity index (χ4n) is 2.35. The van der Waals surface area contributed by atoms with Crippen molar-refractivity contribution in [2.24, 2.45) is 10.4 Å². The summed E-state index contributed by atoms with van der Waals surface area (Å²) >= 11 is 3.75. The quantitative estimate of drug-likeness (QED) is 0.884. The van der Waals surface area contributed by atoms with Crippen LogP contribution in [0.15, 0.2) is 22.5 Å². The summed E-state index contributed by atoms with van der Waals surface area (Å²) in [6.07, 6.45) is 1.22. The molecule has 1 aromatic rings. The van der Waals surface area contributed by atoms with Crippen LogP contribution in [0.2, 0.25) is 0 Å². The van der Waals surface area contributed by atoms with Crippen molar-refractivity contribution in [3.05, 3.63) is 22.4 Å². The second kappa shape index (κ2) is 6.10. The van der Waals surface area contributed by atoms with Crippen molar-refractivity contribution in [1.82, 2.24) is 5.32 Å². The third-order valence-electron chi connectivity index (χ3n) is 3.43. The fourth-order valence-corrected chi connectivity index (χ4v) is 4.56. The average Bonchev–Trinajstić information content (AvgIpc) is 2.94. The minimum atomic E-state index is 0.166. The molecule has 0 amide bonds. The maximum Gasteiger partial charge on any atom is 0.156 e. The molecule has 0 spiro atoms. The molecule has 2 rings (SSSR count). The lowest BCUT2D eigenvalue weighted by atomic mass is 9.90. The summed E-state index contributed by atoms with van der Waals surface area (Å²) in [4.78, 5) is 6.09. The van der Waals surface area contributed by atoms with Crippen LogP contribution in [0.4, 0.5) is 0 Å². The van der Waals surface area contributed by atoms with Gasteiger partial charge in [-0.25, -0.2) is 0 Å². The van der Waals surface area contributed by atoms with Crippen molar-refractivity contribution in [3.8, 4) is 0 Å². The second-order valence-corrected chi connectivity index (χ2v) is 9.60. The molecule has 0 saturated carbocycles. The van der Waals surface area contributed by atoms with Gasteiger partial charge in [-0.15, -0.1) is 11.3 Å². The summed E-state index contributed by atoms with van der Waals surface area (Å²) in [6.45, 7) is 13.4. The summed E-state index contributed by atoms with van der Waals surface area (Å²) in [5.41, 5.74) is 0.554. The van der Waals surface area contributed by atoms with Crippen LogP contribution in [0, 0.1) is 5.41 Å². The van der Waals surface area contributed by atoms with E-state index in [9.17, 15) is 0 Å². The number of thiophene rings is 1. The first-order valence-electron chi connectivity index (χ1n) is 7.25. The lowest BCUT2D eigenvalue weighted by Crippen LogP contribution is -2.34. The van der Waals surface area contributed by atoms with Gasteiger partial charge in [0.15, 0.2) is 5.17 Å². The molecule has 1 aromatic heterocycles. The molecule has 0 saturated heterocycles. The van der Waals surface area contributed by atoms with Crippen LogP contribution in [-0.2, 0) is 5.41 Å². The van der Waals surface area contributed by atoms with Gasteiger partial charge in [-0.05, 0) is 23.3 Å². The van der Waals surface area contributed by atoms with Crippen LogP contribution in [0.5, 0.6) is 0 Å². The van der Waals surface area contributed by atoms with E-state index in [0.717, 1.165) is 18.3 Å². The molecule has 0 aliphatic carbocycles. The lowest BCUT2D eigenvalue weighted by molar-refractivity contribution is 0.375. The molecule has 1 unspecified atom stereocenters. The first-order chi connectivity index (χ1) is 9.26. The highest BCUT2D eigenvalue weighted by Crippen LogP contribution is 2.32. The number of nitrogens with one attached hydrogen (secondary N) is 1. The van der Waals surface area contributed by atoms with Crippen LogP contribution in [0.25, 0.3) is 0 Å². The SMILES string of the molecule is CC(C)(C)CC1CN=C(NCC(C)(C)c2cccs2)S1. The highest BCUT2D eigenvalue weighted by atomic mass is 32.2. The molecule has 112 valence electrons. The Labute approximate surface area is 131 Å². The normalized spacial score (nSPS) is 20.1. The number of amidine groups is 1. The first kappa shape index (κ1) is 15.9. The second-order valence-electron chi connectivity index (χ2n) is 7.37. The van der Waals surface area contributed by atoms with E-state index in [1.807, 2.05) is 23.1 Å². The van der Waals surface area contributed by atoms with Crippen molar-refractivity contribution >= 4 is 28.3 Å². The minimum Gasteiger partial charge on any atom is -0.364 e. The minimum absolute atomic E-state index is 0.166. The average molecular weight is 311 g/mol. The summed E-state index contributed by atoms with van der Waals surface area (Å²) in [7, 11) is 0. The Balaban J connectivity index is 1.81. The summed E-state index contributed by atoms with van der Waals surface area (Å²) in [6, 6.07) is 4.35. The molecular weight excluding hydrogens is 284 g/mol. The molecular formula is C16H26N2S2. The molecule has 0 bridgehead atoms. The Morgan fingerprint density at radius 3 is 2.65 bits per heavy atom. The Hall–Kier alpha value is -0.480. The Kier molecular flexibility index (Phi) is 4.85. The van der Waals surface area contributed by atoms with Crippen LogP contribution in [-0.4, -0.2) is 23.5 Å². The van der Waals surface area contributed by atoms with Gasteiger partial charge in [0.05, 0.1) is 6.54 Å². The zero-order chi connectivity index (χ0) is 14.8. The number of aliphatic imine (C=N–C) groups is 1. The smallest absolute Gasteiger partial charge is 0.156 e. The number of hydrogen-bond acceptors (Lipinski definition) is 4. The van der Waals surface area contributed by atoms with Crippen LogP contribution < -0.4 is 5.32 Å². The van der Waals surface area contributed by atoms with Gasteiger partial charge in [-0.1, -0.05) is 52.4 Å². The monoisotopic (exact) mass is 310 g/mol. The van der Waals surface area contributed by atoms with Gasteiger partial charge < -0.3 is 5.32 Å². The van der Waals surface area contributed by atoms with Crippen molar-refractivity contribution < 1.29 is 0 Å². The molecule has 0 radical (unpaired) electrons. The molecule has 4 heteroatoms. The molecule has 1 N–H and O–H groups in total. The van der Waals surface area contributed by atoms with Crippen molar-refractivity contribution in [2.75, 3.05) is 13.1 Å². The van der Waals surface area contributed by atoms with E-state index >= 15 is 0 Å². The van der Waals surface area contributed by atoms with E-state index < -0.39 is 0 Å². The van der Waals surface area contributed by atoms with E-state index in [2.05, 4.69) is 62.4 Å². The molecule has 2 heterocycles. The van der Waals surface area contributed by atoms with Crippen molar-refractivity contribution in [1.29, 1.82) is 0 Å². The maximum absolute atomic E-state index is 4.66. The van der Waals surface area contributed by atoms with E-state index in [-0.39, 0.29) is 5.41 Å². The predicted molar refractivity (Wildman–Crippen MR) is 93.1 cm³/mol. The highest BCUT2D eigenvalue weighted by Gasteiger charge is 2.27. The largest absolute Gasteiger partial charge is 0.364 e. The van der Waals surface area contributed by atoms with Gasteiger partial charge in [-0.3, -0.25) is 4.99 Å². The maximum atomic E-state index is 4.66. The zero-order valence-electron chi connectivity index (χ0n) is 13.2. The first-order valence-corrected chi connectivity index (χ1v) is 9.01. The zero-order valence-corrected chi connectivity index (χ0v) is 14.8. The number of rotatable bonds is 4. The highest BCUT2D eigenvalue weighted by molar-refractivity contribution is 8.14. The number of hydrogen-bond donors (Lipinski definition) is 1. The number of nitrogens with zero attached hydrogens (tertiary/aromatic N) is 1. The van der Waals surface area contributed by atoms with Gasteiger partial charge >= 0.3 is 0 Å². The molecule has 0 aromatic carbocycles. The lowest BCUT2D eigenvalue weighted by Gasteiger charge is -2.25. The third-order valence-corrected chi connectivity index (χ3v) is 5.81. The van der Waals surface area contributed by atoms with E-state index in [0.29, 0.717) is 10.7 Å². The van der Waals surface area contributed by atoms with Crippen LogP contribution >= 0.6 is 23.1 Å². The van der Waals surface area contributed by atoms with Crippen LogP contribution in [0.1, 0.15) is 45.9 Å². The molecule has 2 nitrogen and oxygen atoms in total. The van der Waals surface area contributed by atoms with E-state index in [1.165, 1.54) is 11.3 Å². The standard InChI is InChI=1S/C16H26N2S2/c1-15(2,3)9-12-10-17-14(20-12)18-11-16(4,5)13-7-6-8-19-13/h6-8,12H,9-11H2,1-5H3,(H,17,18). The summed E-state index contributed by atoms with van der Waals surface area (Å²) in [5.74, 6) is 0. The van der Waals surface area contributed by atoms with Gasteiger partial charge in [0.25, 0.3) is 0 Å². The summed E-state index contributed by atoms with van der Waals surface area (Å²) in [5, 5.41) is 7.47. The Bertz CT molecular complexity index is 455. The van der Waals surface area contributed by atoms with Gasteiger partial charge in [0.2, 0.25) is 0 Å². The van der Waals surface area contributed by atoms with E-state index in [4.69, 9.17) is 0 Å². The molecule has 1 atom stereocenters.